The normalized spacial score (nSPS) is 16.2. The Bertz CT molecular complexity index is 198. The van der Waals surface area contributed by atoms with E-state index in [1.165, 1.54) is 64.2 Å². The van der Waals surface area contributed by atoms with Crippen molar-refractivity contribution in [1.82, 2.24) is 0 Å². The Morgan fingerprint density at radius 2 is 1.80 bits per heavy atom. The zero-order valence-electron chi connectivity index (χ0n) is 10.3. The van der Waals surface area contributed by atoms with Gasteiger partial charge in [0, 0.05) is 0 Å². The minimum atomic E-state index is 1.27. The molecule has 15 heavy (non-hydrogen) atoms. The molecule has 0 aromatic carbocycles. The third-order valence-corrected chi connectivity index (χ3v) is 3.13. The van der Waals surface area contributed by atoms with Gasteiger partial charge in [0.25, 0.3) is 0 Å². The summed E-state index contributed by atoms with van der Waals surface area (Å²) in [6.45, 7) is 2.28. The molecular weight excluding hydrogens is 180 g/mol. The van der Waals surface area contributed by atoms with E-state index >= 15 is 0 Å². The van der Waals surface area contributed by atoms with E-state index in [1.807, 2.05) is 0 Å². The molecule has 1 aliphatic carbocycles. The molecule has 0 aromatic heterocycles. The first-order chi connectivity index (χ1) is 7.43. The Hall–Kier alpha value is -0.520. The van der Waals surface area contributed by atoms with Crippen molar-refractivity contribution < 1.29 is 0 Å². The monoisotopic (exact) mass is 206 g/mol. The molecule has 0 fully saturated rings. The van der Waals surface area contributed by atoms with E-state index in [2.05, 4.69) is 25.2 Å². The molecule has 0 aromatic rings. The Morgan fingerprint density at radius 3 is 2.67 bits per heavy atom. The minimum Gasteiger partial charge on any atom is -0.0843 e. The molecule has 0 spiro atoms. The van der Waals surface area contributed by atoms with Crippen LogP contribution in [0.1, 0.15) is 71.1 Å². The van der Waals surface area contributed by atoms with Gasteiger partial charge in [0.05, 0.1) is 0 Å². The first kappa shape index (κ1) is 12.5. The molecule has 0 atom stereocenters. The SMILES string of the molecule is CCCCCCCCC1=CCCCC=C1. The van der Waals surface area contributed by atoms with Crippen LogP contribution >= 0.6 is 0 Å². The van der Waals surface area contributed by atoms with E-state index in [0.29, 0.717) is 0 Å². The molecule has 0 saturated heterocycles. The van der Waals surface area contributed by atoms with Crippen molar-refractivity contribution in [2.24, 2.45) is 0 Å². The number of rotatable bonds is 7. The van der Waals surface area contributed by atoms with Gasteiger partial charge in [-0.3, -0.25) is 0 Å². The Morgan fingerprint density at radius 1 is 1.00 bits per heavy atom. The molecule has 0 saturated carbocycles. The second-order valence-electron chi connectivity index (χ2n) is 4.63. The van der Waals surface area contributed by atoms with Crippen LogP contribution in [-0.4, -0.2) is 0 Å². The van der Waals surface area contributed by atoms with Gasteiger partial charge < -0.3 is 0 Å². The fourth-order valence-electron chi connectivity index (χ4n) is 2.12. The molecule has 0 nitrogen and oxygen atoms in total. The predicted molar refractivity (Wildman–Crippen MR) is 69.1 cm³/mol. The second kappa shape index (κ2) is 8.76. The van der Waals surface area contributed by atoms with Crippen LogP contribution in [0.2, 0.25) is 0 Å². The summed E-state index contributed by atoms with van der Waals surface area (Å²) in [5.41, 5.74) is 1.59. The van der Waals surface area contributed by atoms with Crippen molar-refractivity contribution in [2.75, 3.05) is 0 Å². The largest absolute Gasteiger partial charge is 0.0843 e. The van der Waals surface area contributed by atoms with Crippen LogP contribution in [0.3, 0.4) is 0 Å². The van der Waals surface area contributed by atoms with Gasteiger partial charge in [-0.2, -0.15) is 0 Å². The number of unbranched alkanes of at least 4 members (excludes halogenated alkanes) is 5. The third kappa shape index (κ3) is 6.54. The summed E-state index contributed by atoms with van der Waals surface area (Å²) in [5.74, 6) is 0. The van der Waals surface area contributed by atoms with E-state index in [-0.39, 0.29) is 0 Å². The first-order valence-electron chi connectivity index (χ1n) is 6.79. The highest BCUT2D eigenvalue weighted by Gasteiger charge is 1.97. The van der Waals surface area contributed by atoms with Gasteiger partial charge in [-0.1, -0.05) is 62.8 Å². The molecule has 1 rings (SSSR count). The molecule has 0 heteroatoms. The third-order valence-electron chi connectivity index (χ3n) is 3.13. The molecule has 0 unspecified atom stereocenters. The highest BCUT2D eigenvalue weighted by molar-refractivity contribution is 5.19. The van der Waals surface area contributed by atoms with Crippen molar-refractivity contribution in [3.63, 3.8) is 0 Å². The van der Waals surface area contributed by atoms with Gasteiger partial charge >= 0.3 is 0 Å². The second-order valence-corrected chi connectivity index (χ2v) is 4.63. The van der Waals surface area contributed by atoms with Crippen molar-refractivity contribution in [3.05, 3.63) is 23.8 Å². The molecular formula is C15H26. The van der Waals surface area contributed by atoms with Crippen LogP contribution in [0.25, 0.3) is 0 Å². The number of hydrogen-bond donors (Lipinski definition) is 0. The maximum absolute atomic E-state index is 2.44. The van der Waals surface area contributed by atoms with Gasteiger partial charge in [0.2, 0.25) is 0 Å². The summed E-state index contributed by atoms with van der Waals surface area (Å²) >= 11 is 0. The minimum absolute atomic E-state index is 1.27. The summed E-state index contributed by atoms with van der Waals surface area (Å²) < 4.78 is 0. The average Bonchev–Trinajstić information content (AvgIpc) is 2.52. The van der Waals surface area contributed by atoms with Gasteiger partial charge in [-0.15, -0.1) is 0 Å². The van der Waals surface area contributed by atoms with Gasteiger partial charge in [-0.25, -0.2) is 0 Å². The van der Waals surface area contributed by atoms with E-state index in [9.17, 15) is 0 Å². The lowest BCUT2D eigenvalue weighted by atomic mass is 10.0. The van der Waals surface area contributed by atoms with Crippen LogP contribution in [0.5, 0.6) is 0 Å². The van der Waals surface area contributed by atoms with Crippen molar-refractivity contribution in [2.45, 2.75) is 71.1 Å². The molecule has 0 heterocycles. The summed E-state index contributed by atoms with van der Waals surface area (Å²) in [6.07, 6.45) is 20.8. The molecule has 0 amide bonds. The Labute approximate surface area is 95.5 Å². The molecule has 0 radical (unpaired) electrons. The lowest BCUT2D eigenvalue weighted by Crippen LogP contribution is -1.82. The van der Waals surface area contributed by atoms with Gasteiger partial charge in [0.15, 0.2) is 0 Å². The van der Waals surface area contributed by atoms with E-state index < -0.39 is 0 Å². The topological polar surface area (TPSA) is 0 Å². The van der Waals surface area contributed by atoms with Crippen LogP contribution in [0.4, 0.5) is 0 Å². The lowest BCUT2D eigenvalue weighted by Gasteiger charge is -2.02. The molecule has 1 aliphatic rings. The standard InChI is InChI=1S/C15H26/c1-2-3-4-5-6-9-12-15-13-10-7-8-11-14-15/h10,13-14H,2-9,11-12H2,1H3. The first-order valence-corrected chi connectivity index (χ1v) is 6.79. The van der Waals surface area contributed by atoms with Crippen molar-refractivity contribution in [3.8, 4) is 0 Å². The fraction of sp³-hybridized carbons (Fsp3) is 0.733. The van der Waals surface area contributed by atoms with Crippen molar-refractivity contribution >= 4 is 0 Å². The molecule has 0 aliphatic heterocycles. The van der Waals surface area contributed by atoms with Crippen LogP contribution in [0, 0.1) is 0 Å². The fourth-order valence-corrected chi connectivity index (χ4v) is 2.12. The summed E-state index contributed by atoms with van der Waals surface area (Å²) in [5, 5.41) is 0. The highest BCUT2D eigenvalue weighted by Crippen LogP contribution is 2.17. The van der Waals surface area contributed by atoms with E-state index in [0.717, 1.165) is 0 Å². The summed E-state index contributed by atoms with van der Waals surface area (Å²) in [4.78, 5) is 0. The molecule has 86 valence electrons. The van der Waals surface area contributed by atoms with Gasteiger partial charge in [0.1, 0.15) is 0 Å². The Kier molecular flexibility index (Phi) is 7.33. The highest BCUT2D eigenvalue weighted by atomic mass is 14.0. The van der Waals surface area contributed by atoms with E-state index in [4.69, 9.17) is 0 Å². The zero-order chi connectivity index (χ0) is 10.8. The lowest BCUT2D eigenvalue weighted by molar-refractivity contribution is 0.608. The number of hydrogen-bond acceptors (Lipinski definition) is 0. The molecule has 0 N–H and O–H groups in total. The number of allylic oxidation sites excluding steroid dienone is 4. The smallest absolute Gasteiger partial charge is 0.0282 e. The molecule has 0 bridgehead atoms. The zero-order valence-corrected chi connectivity index (χ0v) is 10.3. The Balaban J connectivity index is 2.01. The van der Waals surface area contributed by atoms with Crippen LogP contribution < -0.4 is 0 Å². The van der Waals surface area contributed by atoms with E-state index in [1.54, 1.807) is 5.57 Å². The predicted octanol–water partition coefficient (Wildman–Crippen LogP) is 5.40. The maximum Gasteiger partial charge on any atom is -0.0282 e. The average molecular weight is 206 g/mol. The quantitative estimate of drug-likeness (QED) is 0.489. The maximum atomic E-state index is 2.44. The van der Waals surface area contributed by atoms with Crippen molar-refractivity contribution in [1.29, 1.82) is 0 Å². The summed E-state index contributed by atoms with van der Waals surface area (Å²) in [6, 6.07) is 0. The summed E-state index contributed by atoms with van der Waals surface area (Å²) in [7, 11) is 0. The van der Waals surface area contributed by atoms with Crippen LogP contribution in [-0.2, 0) is 0 Å². The van der Waals surface area contributed by atoms with Gasteiger partial charge in [-0.05, 0) is 32.1 Å². The van der Waals surface area contributed by atoms with Crippen LogP contribution in [0.15, 0.2) is 23.8 Å².